The van der Waals surface area contributed by atoms with E-state index in [0.717, 1.165) is 134 Å². The first-order chi connectivity index (χ1) is 34.1. The molecule has 1 N–H and O–H groups in total. The average Bonchev–Trinajstić information content (AvgIpc) is 3.36. The number of aryl methyl sites for hydroxylation is 4. The van der Waals surface area contributed by atoms with Gasteiger partial charge < -0.3 is 28.8 Å². The fraction of sp³-hybridized carbons (Fsp3) is 0.387. The minimum Gasteiger partial charge on any atom is -0.493 e. The summed E-state index contributed by atoms with van der Waals surface area (Å²) < 4.78 is 29.5. The maximum absolute atomic E-state index is 12.0. The Morgan fingerprint density at radius 3 is 1.43 bits per heavy atom. The number of ether oxygens (including phenoxy) is 5. The Bertz CT molecular complexity index is 2630. The first-order valence-corrected chi connectivity index (χ1v) is 25.6. The maximum atomic E-state index is 12.0. The molecule has 8 nitrogen and oxygen atoms in total. The molecule has 0 saturated carbocycles. The van der Waals surface area contributed by atoms with E-state index in [0.29, 0.717) is 26.2 Å². The van der Waals surface area contributed by atoms with Gasteiger partial charge in [-0.15, -0.1) is 0 Å². The van der Waals surface area contributed by atoms with Crippen LogP contribution in [0.1, 0.15) is 141 Å². The Labute approximate surface area is 416 Å². The number of esters is 1. The Kier molecular flexibility index (Phi) is 19.0. The fourth-order valence-corrected chi connectivity index (χ4v) is 9.56. The number of rotatable bonds is 21. The van der Waals surface area contributed by atoms with Gasteiger partial charge in [0.05, 0.1) is 32.7 Å². The normalized spacial score (nSPS) is 14.8. The van der Waals surface area contributed by atoms with Crippen molar-refractivity contribution in [2.75, 3.05) is 19.8 Å². The molecule has 0 aliphatic heterocycles. The Morgan fingerprint density at radius 2 is 1.00 bits per heavy atom. The van der Waals surface area contributed by atoms with Crippen molar-refractivity contribution in [2.24, 2.45) is 0 Å². The lowest BCUT2D eigenvalue weighted by molar-refractivity contribution is -0.143. The Morgan fingerprint density at radius 1 is 0.543 bits per heavy atom. The molecule has 0 fully saturated rings. The number of unbranched alkanes of at least 4 members (excludes halogenated alkanes) is 2. The minimum atomic E-state index is -0.730. The zero-order valence-electron chi connectivity index (χ0n) is 42.0. The van der Waals surface area contributed by atoms with Crippen molar-refractivity contribution >= 4 is 11.9 Å². The third-order valence-corrected chi connectivity index (χ3v) is 13.4. The second-order valence-corrected chi connectivity index (χ2v) is 18.9. The lowest BCUT2D eigenvalue weighted by atomic mass is 9.81. The molecule has 6 aromatic rings. The van der Waals surface area contributed by atoms with Crippen LogP contribution in [0.4, 0.5) is 0 Å². The van der Waals surface area contributed by atoms with Crippen LogP contribution < -0.4 is 18.9 Å². The molecule has 2 aliphatic rings. The zero-order chi connectivity index (χ0) is 49.2. The average molecular weight is 945 g/mol. The smallest absolute Gasteiger partial charge is 0.306 e. The summed E-state index contributed by atoms with van der Waals surface area (Å²) in [5.74, 6) is 3.10. The van der Waals surface area contributed by atoms with Gasteiger partial charge in [0.1, 0.15) is 36.2 Å². The number of hydrogen-bond donors (Lipinski definition) is 1. The molecule has 0 amide bonds. The van der Waals surface area contributed by atoms with Crippen molar-refractivity contribution in [1.82, 2.24) is 0 Å². The number of aliphatic carboxylic acids is 1. The van der Waals surface area contributed by atoms with Gasteiger partial charge in [0.15, 0.2) is 0 Å². The quantitative estimate of drug-likeness (QED) is 0.0562. The molecule has 70 heavy (non-hydrogen) atoms. The van der Waals surface area contributed by atoms with Gasteiger partial charge in [-0.2, -0.15) is 0 Å². The first kappa shape index (κ1) is 51.3. The fourth-order valence-electron chi connectivity index (χ4n) is 9.56. The van der Waals surface area contributed by atoms with Crippen LogP contribution in [0, 0.1) is 13.8 Å². The maximum Gasteiger partial charge on any atom is 0.306 e. The SMILES string of the molecule is CCCCOc1ccc(C)cc1-c1ccc(COc2ccc3c(c2)CCCC3CC(=O)O)cc1.CCCCOc1ccc(C)cc1-c1ccc(COc2ccc3c(c2)CCCC3CC(=O)OCC)cc1. The molecule has 0 spiro atoms. The van der Waals surface area contributed by atoms with Crippen molar-refractivity contribution < 1.29 is 38.4 Å². The topological polar surface area (TPSA) is 101 Å². The molecule has 0 radical (unpaired) electrons. The molecule has 2 atom stereocenters. The summed E-state index contributed by atoms with van der Waals surface area (Å²) in [6, 6.07) is 42.1. The van der Waals surface area contributed by atoms with E-state index < -0.39 is 5.97 Å². The number of carboxylic acid groups (broad SMARTS) is 1. The predicted molar refractivity (Wildman–Crippen MR) is 280 cm³/mol. The van der Waals surface area contributed by atoms with E-state index in [-0.39, 0.29) is 24.2 Å². The summed E-state index contributed by atoms with van der Waals surface area (Å²) in [4.78, 5) is 23.2. The Balaban J connectivity index is 0.000000207. The summed E-state index contributed by atoms with van der Waals surface area (Å²) in [5, 5.41) is 9.19. The minimum absolute atomic E-state index is 0.107. The van der Waals surface area contributed by atoms with Crippen LogP contribution in [-0.4, -0.2) is 36.9 Å². The Hall–Kier alpha value is -6.54. The molecule has 0 saturated heterocycles. The standard InChI is InChI=1S/C32H38O4.C30H34O4/c1-4-6-18-35-31-17-10-23(3)19-30(31)25-13-11-24(12-14-25)22-36-28-15-16-29-26(20-28)8-7-9-27(29)21-32(33)34-5-2;1-3-4-16-33-29-15-8-21(2)17-28(29)23-11-9-22(10-12-23)20-34-26-13-14-27-24(18-26)6-5-7-25(27)19-30(31)32/h10-17,19-20,27H,4-9,18,21-22H2,1-3H3;8-15,17-18,25H,3-7,16,19-20H2,1-2H3,(H,31,32). The van der Waals surface area contributed by atoms with E-state index >= 15 is 0 Å². The van der Waals surface area contributed by atoms with Gasteiger partial charge >= 0.3 is 11.9 Å². The molecular formula is C62H72O8. The van der Waals surface area contributed by atoms with Crippen LogP contribution in [0.2, 0.25) is 0 Å². The van der Waals surface area contributed by atoms with Gasteiger partial charge in [0, 0.05) is 11.1 Å². The van der Waals surface area contributed by atoms with Crippen molar-refractivity contribution in [2.45, 2.75) is 137 Å². The number of hydrogen-bond acceptors (Lipinski definition) is 7. The monoisotopic (exact) mass is 945 g/mol. The van der Waals surface area contributed by atoms with Crippen LogP contribution >= 0.6 is 0 Å². The lowest BCUT2D eigenvalue weighted by Crippen LogP contribution is -2.15. The molecule has 2 unspecified atom stereocenters. The van der Waals surface area contributed by atoms with Crippen molar-refractivity contribution in [3.63, 3.8) is 0 Å². The first-order valence-electron chi connectivity index (χ1n) is 25.6. The van der Waals surface area contributed by atoms with E-state index in [1.165, 1.54) is 33.4 Å². The molecular weight excluding hydrogens is 873 g/mol. The van der Waals surface area contributed by atoms with E-state index in [1.807, 2.05) is 19.1 Å². The van der Waals surface area contributed by atoms with Crippen LogP contribution in [0.3, 0.4) is 0 Å². The number of carbonyl (C=O) groups is 2. The summed E-state index contributed by atoms with van der Waals surface area (Å²) >= 11 is 0. The third kappa shape index (κ3) is 14.5. The highest BCUT2D eigenvalue weighted by Gasteiger charge is 2.25. The highest BCUT2D eigenvalue weighted by molar-refractivity contribution is 5.73. The van der Waals surface area contributed by atoms with Crippen LogP contribution in [0.25, 0.3) is 22.3 Å². The van der Waals surface area contributed by atoms with Gasteiger partial charge in [-0.05, 0) is 177 Å². The van der Waals surface area contributed by atoms with Gasteiger partial charge in [0.2, 0.25) is 0 Å². The van der Waals surface area contributed by atoms with Crippen molar-refractivity contribution in [3.8, 4) is 45.3 Å². The van der Waals surface area contributed by atoms with Crippen LogP contribution in [0.5, 0.6) is 23.0 Å². The summed E-state index contributed by atoms with van der Waals surface area (Å²) in [6.07, 6.45) is 11.1. The van der Waals surface area contributed by atoms with Crippen LogP contribution in [-0.2, 0) is 40.4 Å². The van der Waals surface area contributed by atoms with Gasteiger partial charge in [-0.25, -0.2) is 0 Å². The third-order valence-electron chi connectivity index (χ3n) is 13.4. The van der Waals surface area contributed by atoms with Gasteiger partial charge in [-0.1, -0.05) is 111 Å². The molecule has 0 bridgehead atoms. The second-order valence-electron chi connectivity index (χ2n) is 18.9. The molecule has 0 aromatic heterocycles. The lowest BCUT2D eigenvalue weighted by Gasteiger charge is -2.25. The molecule has 8 heteroatoms. The summed E-state index contributed by atoms with van der Waals surface area (Å²) in [5.41, 5.74) is 14.1. The van der Waals surface area contributed by atoms with E-state index in [1.54, 1.807) is 0 Å². The van der Waals surface area contributed by atoms with Crippen molar-refractivity contribution in [3.05, 3.63) is 166 Å². The molecule has 368 valence electrons. The molecule has 2 aliphatic carbocycles. The molecule has 8 rings (SSSR count). The second kappa shape index (κ2) is 25.9. The zero-order valence-corrected chi connectivity index (χ0v) is 42.0. The molecule has 6 aromatic carbocycles. The van der Waals surface area contributed by atoms with Gasteiger partial charge in [-0.3, -0.25) is 9.59 Å². The van der Waals surface area contributed by atoms with E-state index in [9.17, 15) is 14.7 Å². The molecule has 0 heterocycles. The van der Waals surface area contributed by atoms with Gasteiger partial charge in [0.25, 0.3) is 0 Å². The summed E-state index contributed by atoms with van der Waals surface area (Å²) in [7, 11) is 0. The highest BCUT2D eigenvalue weighted by Crippen LogP contribution is 2.38. The number of fused-ring (bicyclic) bond motifs is 2. The predicted octanol–water partition coefficient (Wildman–Crippen LogP) is 15.1. The largest absolute Gasteiger partial charge is 0.493 e. The van der Waals surface area contributed by atoms with Crippen molar-refractivity contribution in [1.29, 1.82) is 0 Å². The van der Waals surface area contributed by atoms with E-state index in [2.05, 4.69) is 137 Å². The number of carboxylic acids is 1. The number of benzene rings is 6. The summed E-state index contributed by atoms with van der Waals surface area (Å²) in [6.45, 7) is 13.3. The highest BCUT2D eigenvalue weighted by atomic mass is 16.5. The van der Waals surface area contributed by atoms with Crippen LogP contribution in [0.15, 0.2) is 121 Å². The number of carbonyl (C=O) groups excluding carboxylic acids is 1. The van der Waals surface area contributed by atoms with E-state index in [4.69, 9.17) is 23.7 Å².